The van der Waals surface area contributed by atoms with Crippen molar-refractivity contribution in [1.29, 1.82) is 0 Å². The van der Waals surface area contributed by atoms with Crippen molar-refractivity contribution in [2.24, 2.45) is 0 Å². The number of piperazine rings is 1. The van der Waals surface area contributed by atoms with Crippen molar-refractivity contribution in [2.75, 3.05) is 31.1 Å². The molecule has 0 amide bonds. The van der Waals surface area contributed by atoms with E-state index in [0.29, 0.717) is 17.2 Å². The van der Waals surface area contributed by atoms with Crippen LogP contribution in [0.2, 0.25) is 0 Å². The molecule has 0 bridgehead atoms. The van der Waals surface area contributed by atoms with Gasteiger partial charge in [0.25, 0.3) is 0 Å². The predicted octanol–water partition coefficient (Wildman–Crippen LogP) is 3.09. The fourth-order valence-electron chi connectivity index (χ4n) is 4.24. The number of hydrogen-bond donors (Lipinski definition) is 1. The lowest BCUT2D eigenvalue weighted by Gasteiger charge is -2.41. The summed E-state index contributed by atoms with van der Waals surface area (Å²) >= 11 is 0. The first-order valence-corrected chi connectivity index (χ1v) is 10.0. The number of anilines is 1. The van der Waals surface area contributed by atoms with Crippen LogP contribution in [0.15, 0.2) is 23.1 Å². The molecule has 2 fully saturated rings. The van der Waals surface area contributed by atoms with Crippen molar-refractivity contribution >= 4 is 22.6 Å². The molecule has 28 heavy (non-hydrogen) atoms. The van der Waals surface area contributed by atoms with Crippen LogP contribution in [-0.4, -0.2) is 52.8 Å². The average molecular weight is 387 g/mol. The zero-order valence-electron chi connectivity index (χ0n) is 16.3. The second kappa shape index (κ2) is 7.20. The Kier molecular flexibility index (Phi) is 4.87. The number of benzene rings is 1. The van der Waals surface area contributed by atoms with E-state index in [2.05, 4.69) is 18.7 Å². The monoisotopic (exact) mass is 387 g/mol. The first-order chi connectivity index (χ1) is 13.4. The number of carbonyl (C=O) groups is 1. The summed E-state index contributed by atoms with van der Waals surface area (Å²) in [5.41, 5.74) is 0.198. The van der Waals surface area contributed by atoms with Crippen molar-refractivity contribution in [3.8, 4) is 0 Å². The molecule has 1 aliphatic heterocycles. The molecule has 1 aromatic heterocycles. The van der Waals surface area contributed by atoms with E-state index in [1.807, 2.05) is 9.47 Å². The van der Waals surface area contributed by atoms with Crippen LogP contribution in [0, 0.1) is 5.82 Å². The zero-order chi connectivity index (χ0) is 20.0. The predicted molar refractivity (Wildman–Crippen MR) is 107 cm³/mol. The van der Waals surface area contributed by atoms with E-state index in [9.17, 15) is 19.1 Å². The second-order valence-electron chi connectivity index (χ2n) is 7.97. The number of carboxylic acids is 1. The number of carboxylic acid groups (broad SMARTS) is 1. The van der Waals surface area contributed by atoms with Crippen molar-refractivity contribution in [2.45, 2.75) is 45.2 Å². The van der Waals surface area contributed by atoms with E-state index in [0.717, 1.165) is 45.4 Å². The Hall–Kier alpha value is -2.41. The number of aromatic nitrogens is 1. The van der Waals surface area contributed by atoms with Crippen LogP contribution in [0.1, 0.15) is 49.5 Å². The second-order valence-corrected chi connectivity index (χ2v) is 7.97. The lowest BCUT2D eigenvalue weighted by Crippen LogP contribution is -2.52. The first-order valence-electron chi connectivity index (χ1n) is 10.0. The molecular weight excluding hydrogens is 361 g/mol. The maximum absolute atomic E-state index is 15.0. The molecule has 1 aliphatic carbocycles. The topological polar surface area (TPSA) is 65.8 Å². The minimum absolute atomic E-state index is 0.144. The summed E-state index contributed by atoms with van der Waals surface area (Å²) in [5, 5.41) is 9.50. The molecule has 2 heterocycles. The molecule has 1 saturated carbocycles. The van der Waals surface area contributed by atoms with E-state index in [1.165, 1.54) is 12.3 Å². The minimum atomic E-state index is -1.27. The van der Waals surface area contributed by atoms with E-state index in [-0.39, 0.29) is 17.0 Å². The lowest BCUT2D eigenvalue weighted by atomic mass is 10.1. The van der Waals surface area contributed by atoms with Gasteiger partial charge in [-0.05, 0) is 44.9 Å². The van der Waals surface area contributed by atoms with Gasteiger partial charge in [-0.25, -0.2) is 9.18 Å². The van der Waals surface area contributed by atoms with Crippen LogP contribution in [0.4, 0.5) is 10.1 Å². The largest absolute Gasteiger partial charge is 0.477 e. The van der Waals surface area contributed by atoms with Gasteiger partial charge in [0.2, 0.25) is 5.43 Å². The minimum Gasteiger partial charge on any atom is -0.477 e. The van der Waals surface area contributed by atoms with Crippen LogP contribution >= 0.6 is 0 Å². The summed E-state index contributed by atoms with van der Waals surface area (Å²) in [4.78, 5) is 28.5. The number of halogens is 1. The fourth-order valence-corrected chi connectivity index (χ4v) is 4.24. The Morgan fingerprint density at radius 3 is 2.64 bits per heavy atom. The highest BCUT2D eigenvalue weighted by molar-refractivity contribution is 5.93. The zero-order valence-corrected chi connectivity index (χ0v) is 16.3. The van der Waals surface area contributed by atoms with Gasteiger partial charge in [-0.2, -0.15) is 0 Å². The van der Waals surface area contributed by atoms with Crippen LogP contribution in [0.5, 0.6) is 0 Å². The molecular formula is C21H26FN3O3. The number of rotatable bonds is 5. The lowest BCUT2D eigenvalue weighted by molar-refractivity contribution is 0.0695. The van der Waals surface area contributed by atoms with Gasteiger partial charge in [0, 0.05) is 43.3 Å². The molecule has 0 radical (unpaired) electrons. The summed E-state index contributed by atoms with van der Waals surface area (Å²) in [6.07, 6.45) is 4.40. The van der Waals surface area contributed by atoms with Gasteiger partial charge in [0.05, 0.1) is 11.2 Å². The van der Waals surface area contributed by atoms with Gasteiger partial charge in [-0.15, -0.1) is 0 Å². The molecule has 1 aromatic carbocycles. The fraction of sp³-hybridized carbons (Fsp3) is 0.524. The van der Waals surface area contributed by atoms with E-state index >= 15 is 0 Å². The Labute approximate surface area is 163 Å². The van der Waals surface area contributed by atoms with Crippen molar-refractivity contribution in [1.82, 2.24) is 9.47 Å². The maximum atomic E-state index is 15.0. The highest BCUT2D eigenvalue weighted by Crippen LogP contribution is 2.38. The average Bonchev–Trinajstić information content (AvgIpc) is 3.49. The molecule has 1 atom stereocenters. The summed E-state index contributed by atoms with van der Waals surface area (Å²) in [5.74, 6) is -1.74. The third-order valence-electron chi connectivity index (χ3n) is 5.89. The molecule has 2 aliphatic rings. The third kappa shape index (κ3) is 3.28. The number of aromatic carboxylic acids is 1. The van der Waals surface area contributed by atoms with Crippen molar-refractivity contribution < 1.29 is 14.3 Å². The third-order valence-corrected chi connectivity index (χ3v) is 5.89. The summed E-state index contributed by atoms with van der Waals surface area (Å²) in [7, 11) is 0. The van der Waals surface area contributed by atoms with Gasteiger partial charge in [0.15, 0.2) is 0 Å². The van der Waals surface area contributed by atoms with Gasteiger partial charge < -0.3 is 14.6 Å². The highest BCUT2D eigenvalue weighted by Gasteiger charge is 2.29. The van der Waals surface area contributed by atoms with E-state index < -0.39 is 17.2 Å². The Bertz CT molecular complexity index is 983. The normalized spacial score (nSPS) is 20.7. The SMILES string of the molecule is CCCN1CCN(c2cc3c(cc2F)c(=O)c(C(=O)O)cn3C2CC2)CC1C. The maximum Gasteiger partial charge on any atom is 0.341 e. The smallest absolute Gasteiger partial charge is 0.341 e. The van der Waals surface area contributed by atoms with Gasteiger partial charge in [-0.1, -0.05) is 6.92 Å². The van der Waals surface area contributed by atoms with Crippen molar-refractivity contribution in [3.63, 3.8) is 0 Å². The summed E-state index contributed by atoms with van der Waals surface area (Å²) in [6, 6.07) is 3.46. The van der Waals surface area contributed by atoms with Gasteiger partial charge in [0.1, 0.15) is 11.4 Å². The summed E-state index contributed by atoms with van der Waals surface area (Å²) in [6.45, 7) is 7.68. The quantitative estimate of drug-likeness (QED) is 0.854. The summed E-state index contributed by atoms with van der Waals surface area (Å²) < 4.78 is 16.8. The van der Waals surface area contributed by atoms with E-state index in [4.69, 9.17) is 0 Å². The number of hydrogen-bond acceptors (Lipinski definition) is 4. The molecule has 1 saturated heterocycles. The number of nitrogens with zero attached hydrogens (tertiary/aromatic N) is 3. The van der Waals surface area contributed by atoms with Crippen LogP contribution < -0.4 is 10.3 Å². The highest BCUT2D eigenvalue weighted by atomic mass is 19.1. The van der Waals surface area contributed by atoms with Crippen LogP contribution in [0.25, 0.3) is 10.9 Å². The Balaban J connectivity index is 1.78. The number of pyridine rings is 1. The number of fused-ring (bicyclic) bond motifs is 1. The molecule has 150 valence electrons. The molecule has 2 aromatic rings. The molecule has 6 nitrogen and oxygen atoms in total. The van der Waals surface area contributed by atoms with Gasteiger partial charge in [-0.3, -0.25) is 9.69 Å². The molecule has 4 rings (SSSR count). The molecule has 0 spiro atoms. The molecule has 1 unspecified atom stereocenters. The van der Waals surface area contributed by atoms with Crippen LogP contribution in [0.3, 0.4) is 0 Å². The first kappa shape index (κ1) is 18.9. The van der Waals surface area contributed by atoms with Crippen molar-refractivity contribution in [3.05, 3.63) is 39.9 Å². The molecule has 7 heteroatoms. The Morgan fingerprint density at radius 2 is 2.04 bits per heavy atom. The van der Waals surface area contributed by atoms with Crippen LogP contribution in [-0.2, 0) is 0 Å². The van der Waals surface area contributed by atoms with E-state index in [1.54, 1.807) is 6.07 Å². The Morgan fingerprint density at radius 1 is 1.29 bits per heavy atom. The standard InChI is InChI=1S/C21H26FN3O3/c1-3-6-23-7-8-24(11-13(23)2)19-10-18-15(9-17(19)22)20(26)16(21(27)28)12-25(18)14-4-5-14/h9-10,12-14H,3-8,11H2,1-2H3,(H,27,28). The molecule has 1 N–H and O–H groups in total. The van der Waals surface area contributed by atoms with Gasteiger partial charge >= 0.3 is 5.97 Å².